The summed E-state index contributed by atoms with van der Waals surface area (Å²) in [7, 11) is 0. The molecule has 1 aliphatic carbocycles. The number of nitrogens with zero attached hydrogens (tertiary/aromatic N) is 1. The van der Waals surface area contributed by atoms with Crippen molar-refractivity contribution in [2.24, 2.45) is 0 Å². The highest BCUT2D eigenvalue weighted by atomic mass is 14.7. The van der Waals surface area contributed by atoms with Gasteiger partial charge in [-0.1, -0.05) is 48.5 Å². The van der Waals surface area contributed by atoms with Crippen molar-refractivity contribution in [2.45, 2.75) is 6.42 Å². The minimum absolute atomic E-state index is 1.01. The van der Waals surface area contributed by atoms with E-state index in [1.165, 1.54) is 27.5 Å². The molecule has 1 heterocycles. The first kappa shape index (κ1) is 10.5. The van der Waals surface area contributed by atoms with Crippen LogP contribution in [0.3, 0.4) is 0 Å². The molecular formula is C18H13N. The molecule has 0 radical (unpaired) electrons. The predicted octanol–water partition coefficient (Wildman–Crippen LogP) is 4.22. The smallest absolute Gasteiger partial charge is 0.0705 e. The van der Waals surface area contributed by atoms with Crippen LogP contribution in [0.4, 0.5) is 0 Å². The van der Waals surface area contributed by atoms with Crippen LogP contribution in [0, 0.1) is 0 Å². The van der Waals surface area contributed by atoms with Gasteiger partial charge in [0.15, 0.2) is 0 Å². The number of rotatable bonds is 1. The summed E-state index contributed by atoms with van der Waals surface area (Å²) >= 11 is 0. The van der Waals surface area contributed by atoms with E-state index >= 15 is 0 Å². The molecule has 0 atom stereocenters. The molecule has 90 valence electrons. The van der Waals surface area contributed by atoms with E-state index in [-0.39, 0.29) is 0 Å². The van der Waals surface area contributed by atoms with E-state index in [4.69, 9.17) is 0 Å². The lowest BCUT2D eigenvalue weighted by Gasteiger charge is -2.09. The van der Waals surface area contributed by atoms with Crippen molar-refractivity contribution in [3.8, 4) is 0 Å². The van der Waals surface area contributed by atoms with Gasteiger partial charge in [0.05, 0.1) is 5.69 Å². The molecule has 1 aliphatic rings. The van der Waals surface area contributed by atoms with Crippen LogP contribution in [0.25, 0.3) is 16.3 Å². The van der Waals surface area contributed by atoms with Gasteiger partial charge in [-0.2, -0.15) is 0 Å². The maximum atomic E-state index is 4.50. The zero-order valence-electron chi connectivity index (χ0n) is 10.5. The molecule has 19 heavy (non-hydrogen) atoms. The van der Waals surface area contributed by atoms with Gasteiger partial charge < -0.3 is 0 Å². The van der Waals surface area contributed by atoms with E-state index in [0.29, 0.717) is 0 Å². The Morgan fingerprint density at radius 1 is 0.842 bits per heavy atom. The lowest BCUT2D eigenvalue weighted by atomic mass is 9.96. The van der Waals surface area contributed by atoms with Crippen LogP contribution < -0.4 is 0 Å². The highest BCUT2D eigenvalue weighted by molar-refractivity contribution is 6.00. The number of hydrogen-bond acceptors (Lipinski definition) is 1. The first-order valence-electron chi connectivity index (χ1n) is 6.56. The Bertz CT molecular complexity index is 785. The minimum atomic E-state index is 1.01. The fourth-order valence-electron chi connectivity index (χ4n) is 2.87. The SMILES string of the molecule is C1=C(c2ccccn2)c2c(ccc3ccccc23)C1. The summed E-state index contributed by atoms with van der Waals surface area (Å²) < 4.78 is 0. The second-order valence-corrected chi connectivity index (χ2v) is 4.86. The van der Waals surface area contributed by atoms with E-state index in [1.807, 2.05) is 18.3 Å². The topological polar surface area (TPSA) is 12.9 Å². The van der Waals surface area contributed by atoms with Crippen molar-refractivity contribution in [1.29, 1.82) is 0 Å². The van der Waals surface area contributed by atoms with Gasteiger partial charge in [0, 0.05) is 11.8 Å². The molecule has 1 heteroatoms. The van der Waals surface area contributed by atoms with Gasteiger partial charge in [-0.25, -0.2) is 0 Å². The van der Waals surface area contributed by atoms with E-state index in [1.54, 1.807) is 0 Å². The van der Waals surface area contributed by atoms with Gasteiger partial charge in [0.2, 0.25) is 0 Å². The molecule has 0 fully saturated rings. The first-order chi connectivity index (χ1) is 9.43. The Labute approximate surface area is 112 Å². The van der Waals surface area contributed by atoms with E-state index < -0.39 is 0 Å². The molecule has 0 saturated heterocycles. The largest absolute Gasteiger partial charge is 0.256 e. The molecule has 0 bridgehead atoms. The molecule has 0 aliphatic heterocycles. The number of hydrogen-bond donors (Lipinski definition) is 0. The molecule has 1 aromatic heterocycles. The van der Waals surface area contributed by atoms with Crippen molar-refractivity contribution in [3.63, 3.8) is 0 Å². The highest BCUT2D eigenvalue weighted by Gasteiger charge is 2.18. The summed E-state index contributed by atoms with van der Waals surface area (Å²) in [6, 6.07) is 19.1. The van der Waals surface area contributed by atoms with Crippen LogP contribution in [0.2, 0.25) is 0 Å². The standard InChI is InChI=1S/C18H13N/c1-2-6-15-13(5-1)8-9-14-10-11-16(18(14)15)17-7-3-4-12-19-17/h1-9,11-12H,10H2. The van der Waals surface area contributed by atoms with Crippen molar-refractivity contribution < 1.29 is 0 Å². The Morgan fingerprint density at radius 3 is 2.63 bits per heavy atom. The second-order valence-electron chi connectivity index (χ2n) is 4.86. The summed E-state index contributed by atoms with van der Waals surface area (Å²) in [6.07, 6.45) is 5.16. The number of fused-ring (bicyclic) bond motifs is 3. The molecule has 1 nitrogen and oxygen atoms in total. The van der Waals surface area contributed by atoms with Crippen LogP contribution in [0.15, 0.2) is 66.9 Å². The van der Waals surface area contributed by atoms with Crippen molar-refractivity contribution in [1.82, 2.24) is 4.98 Å². The van der Waals surface area contributed by atoms with Crippen molar-refractivity contribution in [3.05, 3.63) is 83.7 Å². The second kappa shape index (κ2) is 4.06. The van der Waals surface area contributed by atoms with Gasteiger partial charge in [0.25, 0.3) is 0 Å². The quantitative estimate of drug-likeness (QED) is 0.623. The molecule has 0 spiro atoms. The monoisotopic (exact) mass is 243 g/mol. The van der Waals surface area contributed by atoms with Gasteiger partial charge in [-0.3, -0.25) is 4.98 Å². The Balaban J connectivity index is 2.01. The molecule has 3 aromatic rings. The molecule has 0 N–H and O–H groups in total. The third kappa shape index (κ3) is 1.59. The van der Waals surface area contributed by atoms with E-state index in [0.717, 1.165) is 12.1 Å². The highest BCUT2D eigenvalue weighted by Crippen LogP contribution is 2.36. The normalized spacial score (nSPS) is 13.4. The third-order valence-electron chi connectivity index (χ3n) is 3.75. The Hall–Kier alpha value is -2.41. The fourth-order valence-corrected chi connectivity index (χ4v) is 2.87. The van der Waals surface area contributed by atoms with Gasteiger partial charge in [-0.15, -0.1) is 0 Å². The molecule has 4 rings (SSSR count). The van der Waals surface area contributed by atoms with Crippen LogP contribution in [0.1, 0.15) is 16.8 Å². The summed E-state index contributed by atoms with van der Waals surface area (Å²) in [4.78, 5) is 4.50. The van der Waals surface area contributed by atoms with Crippen LogP contribution in [0.5, 0.6) is 0 Å². The zero-order chi connectivity index (χ0) is 12.7. The molecule has 0 saturated carbocycles. The molecule has 2 aromatic carbocycles. The Morgan fingerprint density at radius 2 is 1.74 bits per heavy atom. The molecule has 0 unspecified atom stereocenters. The van der Waals surface area contributed by atoms with Gasteiger partial charge >= 0.3 is 0 Å². The Kier molecular flexibility index (Phi) is 2.25. The van der Waals surface area contributed by atoms with Crippen LogP contribution in [-0.4, -0.2) is 4.98 Å². The predicted molar refractivity (Wildman–Crippen MR) is 79.0 cm³/mol. The summed E-state index contributed by atoms with van der Waals surface area (Å²) in [5.41, 5.74) is 5.10. The number of pyridine rings is 1. The summed E-state index contributed by atoms with van der Waals surface area (Å²) in [5.74, 6) is 0. The maximum absolute atomic E-state index is 4.50. The molecular weight excluding hydrogens is 230 g/mol. The lowest BCUT2D eigenvalue weighted by Crippen LogP contribution is -1.91. The maximum Gasteiger partial charge on any atom is 0.0705 e. The summed E-state index contributed by atoms with van der Waals surface area (Å²) in [6.45, 7) is 0. The zero-order valence-corrected chi connectivity index (χ0v) is 10.5. The van der Waals surface area contributed by atoms with Gasteiger partial charge in [-0.05, 0) is 40.5 Å². The third-order valence-corrected chi connectivity index (χ3v) is 3.75. The van der Waals surface area contributed by atoms with Crippen molar-refractivity contribution >= 4 is 16.3 Å². The van der Waals surface area contributed by atoms with Gasteiger partial charge in [0.1, 0.15) is 0 Å². The average Bonchev–Trinajstić information content (AvgIpc) is 2.92. The lowest BCUT2D eigenvalue weighted by molar-refractivity contribution is 1.28. The van der Waals surface area contributed by atoms with E-state index in [9.17, 15) is 0 Å². The number of benzene rings is 2. The molecule has 0 amide bonds. The van der Waals surface area contributed by atoms with Crippen LogP contribution >= 0.6 is 0 Å². The fraction of sp³-hybridized carbons (Fsp3) is 0.0556. The van der Waals surface area contributed by atoms with E-state index in [2.05, 4.69) is 53.5 Å². The van der Waals surface area contributed by atoms with Crippen LogP contribution in [-0.2, 0) is 6.42 Å². The number of aromatic nitrogens is 1. The average molecular weight is 243 g/mol. The first-order valence-corrected chi connectivity index (χ1v) is 6.56. The number of allylic oxidation sites excluding steroid dienone is 1. The summed E-state index contributed by atoms with van der Waals surface area (Å²) in [5, 5.41) is 2.62. The minimum Gasteiger partial charge on any atom is -0.256 e. The van der Waals surface area contributed by atoms with Crippen molar-refractivity contribution in [2.75, 3.05) is 0 Å².